The summed E-state index contributed by atoms with van der Waals surface area (Å²) in [7, 11) is 0. The highest BCUT2D eigenvalue weighted by Gasteiger charge is 2.14. The van der Waals surface area contributed by atoms with Crippen molar-refractivity contribution >= 4 is 29.1 Å². The van der Waals surface area contributed by atoms with Gasteiger partial charge in [-0.2, -0.15) is 0 Å². The third-order valence-corrected chi connectivity index (χ3v) is 2.87. The van der Waals surface area contributed by atoms with Crippen LogP contribution in [0.1, 0.15) is 32.4 Å². The molecule has 1 rings (SSSR count). The van der Waals surface area contributed by atoms with Crippen molar-refractivity contribution in [3.05, 3.63) is 33.8 Å². The maximum atomic E-state index is 11.5. The van der Waals surface area contributed by atoms with Crippen LogP contribution in [0.15, 0.2) is 18.2 Å². The summed E-state index contributed by atoms with van der Waals surface area (Å²) >= 11 is 11.9. The zero-order valence-corrected chi connectivity index (χ0v) is 11.1. The maximum Gasteiger partial charge on any atom is 0.223 e. The average molecular weight is 260 g/mol. The second-order valence-corrected chi connectivity index (χ2v) is 4.89. The number of benzene rings is 1. The number of hydrogen-bond donors (Lipinski definition) is 1. The number of amides is 1. The van der Waals surface area contributed by atoms with Gasteiger partial charge in [0.15, 0.2) is 0 Å². The summed E-state index contributed by atoms with van der Waals surface area (Å²) in [6, 6.07) is 5.16. The van der Waals surface area contributed by atoms with E-state index in [2.05, 4.69) is 5.32 Å². The summed E-state index contributed by atoms with van der Waals surface area (Å²) in [4.78, 5) is 11.5. The summed E-state index contributed by atoms with van der Waals surface area (Å²) in [5.74, 6) is -0.0213. The number of halogens is 2. The molecular weight excluding hydrogens is 245 g/mol. The van der Waals surface area contributed by atoms with Gasteiger partial charge in [-0.05, 0) is 24.6 Å². The summed E-state index contributed by atoms with van der Waals surface area (Å²) in [6.07, 6.45) is 0. The van der Waals surface area contributed by atoms with Crippen LogP contribution in [0.5, 0.6) is 0 Å². The van der Waals surface area contributed by atoms with Crippen LogP contribution in [-0.4, -0.2) is 5.91 Å². The minimum absolute atomic E-state index is 0.0125. The van der Waals surface area contributed by atoms with Crippen LogP contribution in [-0.2, 0) is 4.79 Å². The Morgan fingerprint density at radius 1 is 1.25 bits per heavy atom. The molecule has 0 saturated carbocycles. The fourth-order valence-electron chi connectivity index (χ4n) is 1.31. The smallest absolute Gasteiger partial charge is 0.223 e. The second-order valence-electron chi connectivity index (χ2n) is 4.05. The molecule has 2 nitrogen and oxygen atoms in total. The minimum Gasteiger partial charge on any atom is -0.349 e. The standard InChI is InChI=1S/C12H15Cl2NO/c1-7(2)12(16)15-8(3)10-5-4-9(13)6-11(10)14/h4-8H,1-3H3,(H,15,16)/t8-/m1/s1. The van der Waals surface area contributed by atoms with Crippen molar-refractivity contribution in [1.82, 2.24) is 5.32 Å². The first-order chi connectivity index (χ1) is 7.41. The number of carbonyl (C=O) groups excluding carboxylic acids is 1. The van der Waals surface area contributed by atoms with Crippen LogP contribution in [0.25, 0.3) is 0 Å². The van der Waals surface area contributed by atoms with Crippen molar-refractivity contribution in [2.24, 2.45) is 5.92 Å². The highest BCUT2D eigenvalue weighted by molar-refractivity contribution is 6.35. The van der Waals surface area contributed by atoms with E-state index in [-0.39, 0.29) is 17.9 Å². The minimum atomic E-state index is -0.111. The molecule has 1 amide bonds. The molecular formula is C12H15Cl2NO. The molecule has 0 aliphatic rings. The average Bonchev–Trinajstić information content (AvgIpc) is 2.16. The zero-order valence-electron chi connectivity index (χ0n) is 9.55. The lowest BCUT2D eigenvalue weighted by atomic mass is 10.1. The van der Waals surface area contributed by atoms with Crippen molar-refractivity contribution < 1.29 is 4.79 Å². The van der Waals surface area contributed by atoms with E-state index >= 15 is 0 Å². The fraction of sp³-hybridized carbons (Fsp3) is 0.417. The van der Waals surface area contributed by atoms with Gasteiger partial charge in [-0.3, -0.25) is 4.79 Å². The topological polar surface area (TPSA) is 29.1 Å². The second kappa shape index (κ2) is 5.55. The molecule has 0 aliphatic heterocycles. The van der Waals surface area contributed by atoms with Gasteiger partial charge in [0.1, 0.15) is 0 Å². The molecule has 0 heterocycles. The van der Waals surface area contributed by atoms with Crippen LogP contribution in [0.2, 0.25) is 10.0 Å². The predicted octanol–water partition coefficient (Wildman–Crippen LogP) is 3.83. The van der Waals surface area contributed by atoms with E-state index in [9.17, 15) is 4.79 Å². The normalized spacial score (nSPS) is 12.6. The van der Waals surface area contributed by atoms with E-state index < -0.39 is 0 Å². The number of carbonyl (C=O) groups is 1. The number of nitrogens with one attached hydrogen (secondary N) is 1. The third-order valence-electron chi connectivity index (χ3n) is 2.31. The molecule has 0 spiro atoms. The van der Waals surface area contributed by atoms with E-state index in [0.717, 1.165) is 5.56 Å². The maximum absolute atomic E-state index is 11.5. The van der Waals surface area contributed by atoms with Gasteiger partial charge in [0, 0.05) is 16.0 Å². The lowest BCUT2D eigenvalue weighted by molar-refractivity contribution is -0.124. The van der Waals surface area contributed by atoms with Crippen molar-refractivity contribution in [2.75, 3.05) is 0 Å². The number of rotatable bonds is 3. The van der Waals surface area contributed by atoms with Crippen LogP contribution in [0.3, 0.4) is 0 Å². The Morgan fingerprint density at radius 3 is 2.38 bits per heavy atom. The van der Waals surface area contributed by atoms with Gasteiger partial charge in [-0.1, -0.05) is 43.1 Å². The quantitative estimate of drug-likeness (QED) is 0.879. The zero-order chi connectivity index (χ0) is 12.3. The van der Waals surface area contributed by atoms with E-state index in [4.69, 9.17) is 23.2 Å². The van der Waals surface area contributed by atoms with Crippen molar-refractivity contribution in [2.45, 2.75) is 26.8 Å². The van der Waals surface area contributed by atoms with Crippen molar-refractivity contribution in [1.29, 1.82) is 0 Å². The molecule has 1 N–H and O–H groups in total. The van der Waals surface area contributed by atoms with Crippen LogP contribution < -0.4 is 5.32 Å². The summed E-state index contributed by atoms with van der Waals surface area (Å²) < 4.78 is 0. The van der Waals surface area contributed by atoms with E-state index in [1.807, 2.05) is 26.8 Å². The van der Waals surface area contributed by atoms with E-state index in [1.54, 1.807) is 12.1 Å². The largest absolute Gasteiger partial charge is 0.349 e. The molecule has 16 heavy (non-hydrogen) atoms. The molecule has 0 saturated heterocycles. The van der Waals surface area contributed by atoms with Crippen molar-refractivity contribution in [3.8, 4) is 0 Å². The van der Waals surface area contributed by atoms with Crippen LogP contribution in [0.4, 0.5) is 0 Å². The Hall–Kier alpha value is -0.730. The highest BCUT2D eigenvalue weighted by atomic mass is 35.5. The van der Waals surface area contributed by atoms with Gasteiger partial charge < -0.3 is 5.32 Å². The molecule has 0 fully saturated rings. The van der Waals surface area contributed by atoms with Crippen LogP contribution in [0, 0.1) is 5.92 Å². The van der Waals surface area contributed by atoms with Crippen molar-refractivity contribution in [3.63, 3.8) is 0 Å². The Bertz CT molecular complexity index is 391. The molecule has 0 aromatic heterocycles. The molecule has 4 heteroatoms. The molecule has 0 radical (unpaired) electrons. The van der Waals surface area contributed by atoms with Gasteiger partial charge in [-0.15, -0.1) is 0 Å². The van der Waals surface area contributed by atoms with Gasteiger partial charge in [0.05, 0.1) is 6.04 Å². The first-order valence-corrected chi connectivity index (χ1v) is 5.92. The SMILES string of the molecule is CC(C)C(=O)N[C@H](C)c1ccc(Cl)cc1Cl. The van der Waals surface area contributed by atoms with Gasteiger partial charge in [0.2, 0.25) is 5.91 Å². The summed E-state index contributed by atoms with van der Waals surface area (Å²) in [5, 5.41) is 4.06. The summed E-state index contributed by atoms with van der Waals surface area (Å²) in [5.41, 5.74) is 0.875. The highest BCUT2D eigenvalue weighted by Crippen LogP contribution is 2.26. The third kappa shape index (κ3) is 3.39. The lowest BCUT2D eigenvalue weighted by Crippen LogP contribution is -2.30. The van der Waals surface area contributed by atoms with E-state index in [0.29, 0.717) is 10.0 Å². The first kappa shape index (κ1) is 13.3. The Morgan fingerprint density at radius 2 is 1.88 bits per heavy atom. The predicted molar refractivity (Wildman–Crippen MR) is 67.9 cm³/mol. The summed E-state index contributed by atoms with van der Waals surface area (Å²) in [6.45, 7) is 5.60. The fourth-order valence-corrected chi connectivity index (χ4v) is 1.88. The lowest BCUT2D eigenvalue weighted by Gasteiger charge is -2.17. The molecule has 0 unspecified atom stereocenters. The molecule has 1 aromatic rings. The molecule has 0 bridgehead atoms. The van der Waals surface area contributed by atoms with Gasteiger partial charge >= 0.3 is 0 Å². The van der Waals surface area contributed by atoms with Gasteiger partial charge in [-0.25, -0.2) is 0 Å². The molecule has 0 aliphatic carbocycles. The number of hydrogen-bond acceptors (Lipinski definition) is 1. The first-order valence-electron chi connectivity index (χ1n) is 5.17. The van der Waals surface area contributed by atoms with Crippen LogP contribution >= 0.6 is 23.2 Å². The Balaban J connectivity index is 2.80. The van der Waals surface area contributed by atoms with Gasteiger partial charge in [0.25, 0.3) is 0 Å². The van der Waals surface area contributed by atoms with E-state index in [1.165, 1.54) is 0 Å². The molecule has 1 atom stereocenters. The Labute approximate surface area is 106 Å². The monoisotopic (exact) mass is 259 g/mol. The molecule has 1 aromatic carbocycles. The molecule has 88 valence electrons. The Kier molecular flexibility index (Phi) is 4.63.